The van der Waals surface area contributed by atoms with E-state index in [0.29, 0.717) is 12.8 Å². The van der Waals surface area contributed by atoms with Crippen molar-refractivity contribution in [2.45, 2.75) is 12.8 Å². The Morgan fingerprint density at radius 3 is 2.58 bits per heavy atom. The molecule has 0 heterocycles. The molecule has 3 N–H and O–H groups in total. The number of aliphatic hydroxyl groups is 1. The number of hydroxylamine groups is 1. The highest BCUT2D eigenvalue weighted by Crippen LogP contribution is 1.90. The molecule has 6 nitrogen and oxygen atoms in total. The highest BCUT2D eigenvalue weighted by Gasteiger charge is 2.05. The zero-order chi connectivity index (χ0) is 9.61. The Bertz CT molecular complexity index is 236. The van der Waals surface area contributed by atoms with Crippen molar-refractivity contribution in [3.63, 3.8) is 0 Å². The Kier molecular flexibility index (Phi) is 5.25. The van der Waals surface area contributed by atoms with Crippen molar-refractivity contribution >= 4 is 27.6 Å². The summed E-state index contributed by atoms with van der Waals surface area (Å²) in [5.41, 5.74) is 1.84. The average molecular weight is 215 g/mol. The summed E-state index contributed by atoms with van der Waals surface area (Å²) in [6.07, 6.45) is 0.696. The molecule has 72 valence electrons. The molecule has 0 aromatic heterocycles. The van der Waals surface area contributed by atoms with Crippen LogP contribution in [0.1, 0.15) is 12.8 Å². The molecule has 0 spiro atoms. The number of rotatable bonds is 5. The van der Waals surface area contributed by atoms with Gasteiger partial charge in [0.1, 0.15) is 4.99 Å². The van der Waals surface area contributed by atoms with Crippen LogP contribution in [0.5, 0.6) is 0 Å². The van der Waals surface area contributed by atoms with E-state index in [2.05, 4.69) is 16.5 Å². The van der Waals surface area contributed by atoms with Crippen LogP contribution in [0, 0.1) is 0 Å². The lowest BCUT2D eigenvalue weighted by molar-refractivity contribution is 0.225. The molecule has 0 saturated heterocycles. The summed E-state index contributed by atoms with van der Waals surface area (Å²) in [5, 5.41) is 8.35. The standard InChI is InChI=1S/C4H9NO5S2/c6-3-1-2-4(11)5-10-12(7,8)9/h6H,1-3H2,(H,5,11)(H,7,8,9). The molecule has 0 aromatic rings. The fourth-order valence-corrected chi connectivity index (χ4v) is 0.834. The van der Waals surface area contributed by atoms with Crippen molar-refractivity contribution in [3.8, 4) is 0 Å². The van der Waals surface area contributed by atoms with E-state index in [1.165, 1.54) is 0 Å². The Balaban J connectivity index is 3.58. The first-order valence-corrected chi connectivity index (χ1v) is 4.78. The summed E-state index contributed by atoms with van der Waals surface area (Å²) in [7, 11) is -4.51. The fraction of sp³-hybridized carbons (Fsp3) is 0.750. The molecular weight excluding hydrogens is 206 g/mol. The summed E-state index contributed by atoms with van der Waals surface area (Å²) < 4.78 is 31.8. The van der Waals surface area contributed by atoms with Crippen LogP contribution in [0.25, 0.3) is 0 Å². The van der Waals surface area contributed by atoms with Crippen LogP contribution in [0.3, 0.4) is 0 Å². The van der Waals surface area contributed by atoms with Gasteiger partial charge in [-0.1, -0.05) is 12.2 Å². The molecule has 12 heavy (non-hydrogen) atoms. The van der Waals surface area contributed by atoms with Crippen molar-refractivity contribution in [2.75, 3.05) is 6.61 Å². The van der Waals surface area contributed by atoms with Crippen LogP contribution in [0.2, 0.25) is 0 Å². The summed E-state index contributed by atoms with van der Waals surface area (Å²) >= 11 is 4.56. The van der Waals surface area contributed by atoms with Gasteiger partial charge >= 0.3 is 10.4 Å². The summed E-state index contributed by atoms with van der Waals surface area (Å²) in [4.78, 5) is 0.0988. The lowest BCUT2D eigenvalue weighted by atomic mass is 10.3. The predicted octanol–water partition coefficient (Wildman–Crippen LogP) is -0.590. The Labute approximate surface area is 75.4 Å². The van der Waals surface area contributed by atoms with Gasteiger partial charge in [0.25, 0.3) is 0 Å². The minimum Gasteiger partial charge on any atom is -0.396 e. The van der Waals surface area contributed by atoms with Gasteiger partial charge in [-0.3, -0.25) is 4.55 Å². The SMILES string of the molecule is O=S(=O)(O)ONC(=S)CCCO. The van der Waals surface area contributed by atoms with Crippen molar-refractivity contribution < 1.29 is 22.4 Å². The normalized spacial score (nSPS) is 11.2. The summed E-state index contributed by atoms with van der Waals surface area (Å²) in [6.45, 7) is -0.0479. The van der Waals surface area contributed by atoms with Crippen LogP contribution in [0.15, 0.2) is 0 Å². The van der Waals surface area contributed by atoms with E-state index < -0.39 is 10.4 Å². The molecule has 0 saturated carbocycles. The molecule has 0 rings (SSSR count). The van der Waals surface area contributed by atoms with Crippen LogP contribution in [-0.2, 0) is 14.7 Å². The van der Waals surface area contributed by atoms with Gasteiger partial charge in [-0.2, -0.15) is 8.42 Å². The lowest BCUT2D eigenvalue weighted by Gasteiger charge is -2.03. The molecule has 0 fully saturated rings. The molecule has 0 radical (unpaired) electrons. The zero-order valence-electron chi connectivity index (χ0n) is 6.06. The molecule has 0 aliphatic heterocycles. The van der Waals surface area contributed by atoms with Crippen LogP contribution < -0.4 is 5.48 Å². The summed E-state index contributed by atoms with van der Waals surface area (Å²) in [5.74, 6) is 0. The third-order valence-corrected chi connectivity index (χ3v) is 1.40. The second-order valence-electron chi connectivity index (χ2n) is 1.86. The van der Waals surface area contributed by atoms with Crippen LogP contribution >= 0.6 is 12.2 Å². The van der Waals surface area contributed by atoms with Crippen molar-refractivity contribution in [1.82, 2.24) is 5.48 Å². The van der Waals surface area contributed by atoms with Crippen molar-refractivity contribution in [1.29, 1.82) is 0 Å². The third kappa shape index (κ3) is 7.82. The van der Waals surface area contributed by atoms with Crippen LogP contribution in [-0.4, -0.2) is 29.7 Å². The van der Waals surface area contributed by atoms with Gasteiger partial charge in [0, 0.05) is 13.0 Å². The van der Waals surface area contributed by atoms with Gasteiger partial charge in [-0.25, -0.2) is 5.48 Å². The lowest BCUT2D eigenvalue weighted by Crippen LogP contribution is -2.25. The van der Waals surface area contributed by atoms with Gasteiger partial charge in [0.15, 0.2) is 0 Å². The third-order valence-electron chi connectivity index (χ3n) is 0.823. The van der Waals surface area contributed by atoms with E-state index in [9.17, 15) is 8.42 Å². The molecule has 0 aliphatic rings. The first-order chi connectivity index (χ1) is 5.45. The molecule has 0 aromatic carbocycles. The Morgan fingerprint density at radius 1 is 1.58 bits per heavy atom. The highest BCUT2D eigenvalue weighted by molar-refractivity contribution is 7.81. The molecule has 0 aliphatic carbocycles. The number of hydrogen-bond donors (Lipinski definition) is 3. The Morgan fingerprint density at radius 2 is 2.17 bits per heavy atom. The van der Waals surface area contributed by atoms with Gasteiger partial charge < -0.3 is 5.11 Å². The minimum atomic E-state index is -4.51. The highest BCUT2D eigenvalue weighted by atomic mass is 32.3. The van der Waals surface area contributed by atoms with E-state index in [0.717, 1.165) is 0 Å². The predicted molar refractivity (Wildman–Crippen MR) is 44.7 cm³/mol. The smallest absolute Gasteiger partial charge is 0.396 e. The molecule has 8 heteroatoms. The number of nitrogens with one attached hydrogen (secondary N) is 1. The molecule has 0 amide bonds. The second-order valence-corrected chi connectivity index (χ2v) is 3.38. The summed E-state index contributed by atoms with van der Waals surface area (Å²) in [6, 6.07) is 0. The topological polar surface area (TPSA) is 95.9 Å². The fourth-order valence-electron chi connectivity index (χ4n) is 0.390. The van der Waals surface area contributed by atoms with E-state index >= 15 is 0 Å². The van der Waals surface area contributed by atoms with E-state index in [-0.39, 0.29) is 11.6 Å². The monoisotopic (exact) mass is 215 g/mol. The molecule has 0 atom stereocenters. The number of hydrogen-bond acceptors (Lipinski definition) is 5. The van der Waals surface area contributed by atoms with Crippen LogP contribution in [0.4, 0.5) is 0 Å². The molecule has 0 bridgehead atoms. The maximum Gasteiger partial charge on any atom is 0.418 e. The zero-order valence-corrected chi connectivity index (χ0v) is 7.69. The quantitative estimate of drug-likeness (QED) is 0.320. The van der Waals surface area contributed by atoms with Gasteiger partial charge in [-0.05, 0) is 6.42 Å². The second kappa shape index (κ2) is 5.38. The Hall–Kier alpha value is -0.280. The average Bonchev–Trinajstić information content (AvgIpc) is 1.95. The van der Waals surface area contributed by atoms with Gasteiger partial charge in [-0.15, -0.1) is 4.28 Å². The van der Waals surface area contributed by atoms with Crippen molar-refractivity contribution in [2.24, 2.45) is 0 Å². The van der Waals surface area contributed by atoms with Gasteiger partial charge in [0.05, 0.1) is 0 Å². The van der Waals surface area contributed by atoms with E-state index in [1.807, 2.05) is 5.48 Å². The number of thiocarbonyl (C=S) groups is 1. The van der Waals surface area contributed by atoms with Crippen molar-refractivity contribution in [3.05, 3.63) is 0 Å². The maximum absolute atomic E-state index is 9.97. The van der Waals surface area contributed by atoms with E-state index in [1.54, 1.807) is 0 Å². The maximum atomic E-state index is 9.97. The molecular formula is C4H9NO5S2. The van der Waals surface area contributed by atoms with E-state index in [4.69, 9.17) is 9.66 Å². The largest absolute Gasteiger partial charge is 0.418 e. The number of aliphatic hydroxyl groups excluding tert-OH is 1. The molecule has 0 unspecified atom stereocenters. The first-order valence-electron chi connectivity index (χ1n) is 3.01. The van der Waals surface area contributed by atoms with Gasteiger partial charge in [0.2, 0.25) is 0 Å². The first kappa shape index (κ1) is 11.7. The minimum absolute atomic E-state index is 0.0479.